The van der Waals surface area contributed by atoms with Gasteiger partial charge in [-0.05, 0) is 37.1 Å². The molecule has 31 heavy (non-hydrogen) atoms. The van der Waals surface area contributed by atoms with Crippen LogP contribution in [0.4, 0.5) is 10.8 Å². The van der Waals surface area contributed by atoms with Crippen molar-refractivity contribution in [3.8, 4) is 11.3 Å². The molecular weight excluding hydrogens is 436 g/mol. The molecule has 0 atom stereocenters. The Kier molecular flexibility index (Phi) is 5.78. The molecule has 0 amide bonds. The molecule has 0 radical (unpaired) electrons. The zero-order chi connectivity index (χ0) is 22.2. The maximum Gasteiger partial charge on any atom is 0.269 e. The number of hydrogen-bond acceptors (Lipinski definition) is 7. The van der Waals surface area contributed by atoms with Gasteiger partial charge in [-0.15, -0.1) is 11.3 Å². The third-order valence-electron chi connectivity index (χ3n) is 5.57. The summed E-state index contributed by atoms with van der Waals surface area (Å²) in [5.74, 6) is 0. The molecule has 0 saturated carbocycles. The second kappa shape index (κ2) is 8.37. The summed E-state index contributed by atoms with van der Waals surface area (Å²) >= 11 is 1.56. The van der Waals surface area contributed by atoms with Gasteiger partial charge in [-0.3, -0.25) is 10.1 Å². The molecule has 1 aliphatic rings. The molecule has 8 nitrogen and oxygen atoms in total. The summed E-state index contributed by atoms with van der Waals surface area (Å²) in [5, 5.41) is 13.7. The molecular formula is C21H22N4O4S2. The maximum atomic E-state index is 12.9. The molecule has 162 valence electrons. The van der Waals surface area contributed by atoms with Crippen LogP contribution >= 0.6 is 11.3 Å². The van der Waals surface area contributed by atoms with Crippen molar-refractivity contribution in [3.05, 3.63) is 69.1 Å². The number of nitro benzene ring substituents is 1. The van der Waals surface area contributed by atoms with Gasteiger partial charge in [-0.2, -0.15) is 4.31 Å². The van der Waals surface area contributed by atoms with Crippen LogP contribution in [0.25, 0.3) is 11.3 Å². The number of benzene rings is 2. The standard InChI is InChI=1S/C21H22N4O4S2/c1-15-4-3-5-19(16(15)2)20-14-30-21(22-20)23-10-12-24(13-11-23)31(28,29)18-8-6-17(7-9-18)25(26)27/h3-9,14H,10-13H2,1-2H3. The monoisotopic (exact) mass is 458 g/mol. The number of non-ortho nitro benzene ring substituents is 1. The topological polar surface area (TPSA) is 96.7 Å². The van der Waals surface area contributed by atoms with Crippen LogP contribution in [0.1, 0.15) is 11.1 Å². The highest BCUT2D eigenvalue weighted by Crippen LogP contribution is 2.31. The average Bonchev–Trinajstić information content (AvgIpc) is 3.26. The van der Waals surface area contributed by atoms with Crippen molar-refractivity contribution in [1.29, 1.82) is 0 Å². The summed E-state index contributed by atoms with van der Waals surface area (Å²) in [6, 6.07) is 11.2. The normalized spacial score (nSPS) is 15.2. The number of nitro groups is 1. The molecule has 2 aromatic carbocycles. The zero-order valence-electron chi connectivity index (χ0n) is 17.2. The van der Waals surface area contributed by atoms with Crippen LogP contribution in [0, 0.1) is 24.0 Å². The Morgan fingerprint density at radius 1 is 1.03 bits per heavy atom. The Morgan fingerprint density at radius 2 is 1.71 bits per heavy atom. The van der Waals surface area contributed by atoms with E-state index in [0.717, 1.165) is 16.4 Å². The van der Waals surface area contributed by atoms with E-state index in [0.29, 0.717) is 26.2 Å². The van der Waals surface area contributed by atoms with Gasteiger partial charge < -0.3 is 4.90 Å². The minimum Gasteiger partial charge on any atom is -0.345 e. The Labute approximate surface area is 185 Å². The van der Waals surface area contributed by atoms with Crippen LogP contribution in [0.3, 0.4) is 0 Å². The lowest BCUT2D eigenvalue weighted by atomic mass is 10.0. The number of anilines is 1. The molecule has 0 aliphatic carbocycles. The Morgan fingerprint density at radius 3 is 2.35 bits per heavy atom. The molecule has 0 spiro atoms. The first-order chi connectivity index (χ1) is 14.8. The number of rotatable bonds is 5. The van der Waals surface area contributed by atoms with Crippen molar-refractivity contribution in [2.75, 3.05) is 31.1 Å². The summed E-state index contributed by atoms with van der Waals surface area (Å²) in [6.07, 6.45) is 0. The molecule has 1 aliphatic heterocycles. The van der Waals surface area contributed by atoms with Gasteiger partial charge in [0.05, 0.1) is 15.5 Å². The number of piperazine rings is 1. The highest BCUT2D eigenvalue weighted by Gasteiger charge is 2.29. The van der Waals surface area contributed by atoms with Crippen LogP contribution in [-0.2, 0) is 10.0 Å². The molecule has 1 fully saturated rings. The molecule has 0 N–H and O–H groups in total. The second-order valence-corrected chi connectivity index (χ2v) is 10.2. The fraction of sp³-hybridized carbons (Fsp3) is 0.286. The van der Waals surface area contributed by atoms with Crippen molar-refractivity contribution < 1.29 is 13.3 Å². The zero-order valence-corrected chi connectivity index (χ0v) is 18.8. The van der Waals surface area contributed by atoms with E-state index in [1.54, 1.807) is 11.3 Å². The third-order valence-corrected chi connectivity index (χ3v) is 8.38. The van der Waals surface area contributed by atoms with Crippen LogP contribution in [0.15, 0.2) is 52.7 Å². The van der Waals surface area contributed by atoms with Crippen molar-refractivity contribution in [2.24, 2.45) is 0 Å². The van der Waals surface area contributed by atoms with E-state index in [4.69, 9.17) is 4.98 Å². The number of thiazole rings is 1. The fourth-order valence-electron chi connectivity index (χ4n) is 3.57. The van der Waals surface area contributed by atoms with E-state index in [1.807, 2.05) is 11.4 Å². The molecule has 1 saturated heterocycles. The minimum absolute atomic E-state index is 0.0676. The smallest absolute Gasteiger partial charge is 0.269 e. The van der Waals surface area contributed by atoms with E-state index >= 15 is 0 Å². The first kappa shape index (κ1) is 21.4. The quantitative estimate of drug-likeness (QED) is 0.426. The van der Waals surface area contributed by atoms with Gasteiger partial charge in [-0.1, -0.05) is 18.2 Å². The Balaban J connectivity index is 1.46. The van der Waals surface area contributed by atoms with E-state index in [1.165, 1.54) is 39.7 Å². The minimum atomic E-state index is -3.69. The van der Waals surface area contributed by atoms with Crippen molar-refractivity contribution in [1.82, 2.24) is 9.29 Å². The molecule has 0 bridgehead atoms. The first-order valence-corrected chi connectivity index (χ1v) is 12.1. The second-order valence-electron chi connectivity index (χ2n) is 7.40. The predicted octanol–water partition coefficient (Wildman–Crippen LogP) is 3.85. The van der Waals surface area contributed by atoms with Gasteiger partial charge in [0.2, 0.25) is 10.0 Å². The summed E-state index contributed by atoms with van der Waals surface area (Å²) < 4.78 is 27.2. The Bertz CT molecular complexity index is 1210. The number of nitrogens with zero attached hydrogens (tertiary/aromatic N) is 4. The van der Waals surface area contributed by atoms with Gasteiger partial charge in [-0.25, -0.2) is 13.4 Å². The lowest BCUT2D eigenvalue weighted by molar-refractivity contribution is -0.384. The van der Waals surface area contributed by atoms with Crippen LogP contribution in [0.5, 0.6) is 0 Å². The molecule has 1 aromatic heterocycles. The van der Waals surface area contributed by atoms with E-state index in [9.17, 15) is 18.5 Å². The summed E-state index contributed by atoms with van der Waals surface area (Å²) in [6.45, 7) is 5.90. The lowest BCUT2D eigenvalue weighted by Gasteiger charge is -2.33. The number of hydrogen-bond donors (Lipinski definition) is 0. The Hall–Kier alpha value is -2.82. The summed E-state index contributed by atoms with van der Waals surface area (Å²) in [4.78, 5) is 17.2. The third kappa shape index (κ3) is 4.18. The van der Waals surface area contributed by atoms with Gasteiger partial charge in [0.25, 0.3) is 5.69 Å². The lowest BCUT2D eigenvalue weighted by Crippen LogP contribution is -2.48. The van der Waals surface area contributed by atoms with Gasteiger partial charge in [0.1, 0.15) is 0 Å². The summed E-state index contributed by atoms with van der Waals surface area (Å²) in [7, 11) is -3.69. The maximum absolute atomic E-state index is 12.9. The largest absolute Gasteiger partial charge is 0.345 e. The highest BCUT2D eigenvalue weighted by molar-refractivity contribution is 7.89. The van der Waals surface area contributed by atoms with Gasteiger partial charge >= 0.3 is 0 Å². The van der Waals surface area contributed by atoms with Crippen molar-refractivity contribution in [2.45, 2.75) is 18.7 Å². The van der Waals surface area contributed by atoms with Gasteiger partial charge in [0.15, 0.2) is 5.13 Å². The predicted molar refractivity (Wildman–Crippen MR) is 121 cm³/mol. The SMILES string of the molecule is Cc1cccc(-c2csc(N3CCN(S(=O)(=O)c4ccc([N+](=O)[O-])cc4)CC3)n2)c1C. The summed E-state index contributed by atoms with van der Waals surface area (Å²) in [5.41, 5.74) is 4.34. The van der Waals surface area contributed by atoms with Gasteiger partial charge in [0, 0.05) is 49.3 Å². The van der Waals surface area contributed by atoms with E-state index in [2.05, 4.69) is 30.9 Å². The number of aryl methyl sites for hydroxylation is 1. The molecule has 4 rings (SSSR count). The van der Waals surface area contributed by atoms with E-state index in [-0.39, 0.29) is 10.6 Å². The molecule has 2 heterocycles. The van der Waals surface area contributed by atoms with Crippen molar-refractivity contribution in [3.63, 3.8) is 0 Å². The van der Waals surface area contributed by atoms with Crippen molar-refractivity contribution >= 4 is 32.2 Å². The number of sulfonamides is 1. The molecule has 3 aromatic rings. The average molecular weight is 459 g/mol. The van der Waals surface area contributed by atoms with Crippen LogP contribution in [0.2, 0.25) is 0 Å². The van der Waals surface area contributed by atoms with E-state index < -0.39 is 14.9 Å². The fourth-order valence-corrected chi connectivity index (χ4v) is 5.87. The highest BCUT2D eigenvalue weighted by atomic mass is 32.2. The van der Waals surface area contributed by atoms with Crippen LogP contribution < -0.4 is 4.90 Å². The number of aromatic nitrogens is 1. The molecule has 0 unspecified atom stereocenters. The molecule has 10 heteroatoms. The first-order valence-electron chi connectivity index (χ1n) is 9.79. The van der Waals surface area contributed by atoms with Crippen LogP contribution in [-0.4, -0.2) is 48.8 Å².